The standard InChI is InChI=1S/C9H12ClN5S/c1-3-8-11-9(13-12-8)16-5-6-4-7(10)15(2)14-6/h4H,3,5H2,1-2H3,(H,11,12,13). The number of halogens is 1. The van der Waals surface area contributed by atoms with Crippen molar-refractivity contribution in [2.24, 2.45) is 7.05 Å². The number of nitrogens with zero attached hydrogens (tertiary/aromatic N) is 4. The molecule has 86 valence electrons. The molecule has 0 radical (unpaired) electrons. The van der Waals surface area contributed by atoms with Crippen LogP contribution in [0.2, 0.25) is 5.15 Å². The van der Waals surface area contributed by atoms with Gasteiger partial charge in [0.05, 0.1) is 5.69 Å². The van der Waals surface area contributed by atoms with E-state index in [1.165, 1.54) is 0 Å². The van der Waals surface area contributed by atoms with Crippen molar-refractivity contribution in [3.05, 3.63) is 22.7 Å². The molecular formula is C9H12ClN5S. The van der Waals surface area contributed by atoms with Gasteiger partial charge in [-0.15, -0.1) is 5.10 Å². The number of hydrogen-bond donors (Lipinski definition) is 1. The summed E-state index contributed by atoms with van der Waals surface area (Å²) in [5, 5.41) is 12.6. The van der Waals surface area contributed by atoms with Gasteiger partial charge in [0.2, 0.25) is 5.16 Å². The molecule has 0 aromatic carbocycles. The fourth-order valence-electron chi connectivity index (χ4n) is 1.21. The zero-order chi connectivity index (χ0) is 11.5. The molecular weight excluding hydrogens is 246 g/mol. The second-order valence-corrected chi connectivity index (χ2v) is 4.62. The third kappa shape index (κ3) is 2.56. The van der Waals surface area contributed by atoms with E-state index in [-0.39, 0.29) is 0 Å². The maximum Gasteiger partial charge on any atom is 0.208 e. The van der Waals surface area contributed by atoms with Gasteiger partial charge < -0.3 is 0 Å². The molecule has 0 amide bonds. The number of aromatic amines is 1. The summed E-state index contributed by atoms with van der Waals surface area (Å²) in [7, 11) is 1.82. The highest BCUT2D eigenvalue weighted by molar-refractivity contribution is 7.98. The summed E-state index contributed by atoms with van der Waals surface area (Å²) in [5.41, 5.74) is 0.931. The molecule has 0 fully saturated rings. The van der Waals surface area contributed by atoms with Gasteiger partial charge in [-0.2, -0.15) is 5.10 Å². The minimum Gasteiger partial charge on any atom is -0.262 e. The van der Waals surface area contributed by atoms with E-state index in [1.807, 2.05) is 20.0 Å². The Balaban J connectivity index is 1.96. The lowest BCUT2D eigenvalue weighted by Crippen LogP contribution is -1.91. The monoisotopic (exact) mass is 257 g/mol. The Morgan fingerprint density at radius 1 is 1.56 bits per heavy atom. The van der Waals surface area contributed by atoms with Crippen molar-refractivity contribution in [2.75, 3.05) is 0 Å². The Morgan fingerprint density at radius 2 is 2.38 bits per heavy atom. The highest BCUT2D eigenvalue weighted by Gasteiger charge is 2.06. The molecule has 0 unspecified atom stereocenters. The first-order valence-electron chi connectivity index (χ1n) is 4.91. The average Bonchev–Trinajstić information content (AvgIpc) is 2.84. The third-order valence-electron chi connectivity index (χ3n) is 2.07. The molecule has 0 saturated carbocycles. The number of aromatic nitrogens is 5. The van der Waals surface area contributed by atoms with Gasteiger partial charge in [0.25, 0.3) is 0 Å². The Labute approximate surface area is 103 Å². The van der Waals surface area contributed by atoms with E-state index in [9.17, 15) is 0 Å². The number of nitrogens with one attached hydrogen (secondary N) is 1. The van der Waals surface area contributed by atoms with E-state index in [4.69, 9.17) is 11.6 Å². The van der Waals surface area contributed by atoms with Gasteiger partial charge in [0.1, 0.15) is 11.0 Å². The Bertz CT molecular complexity index is 458. The molecule has 0 spiro atoms. The lowest BCUT2D eigenvalue weighted by atomic mass is 10.5. The molecule has 2 aromatic rings. The van der Waals surface area contributed by atoms with Gasteiger partial charge in [0.15, 0.2) is 0 Å². The molecule has 0 bridgehead atoms. The van der Waals surface area contributed by atoms with Crippen LogP contribution >= 0.6 is 23.4 Å². The number of thioether (sulfide) groups is 1. The maximum atomic E-state index is 5.89. The van der Waals surface area contributed by atoms with Crippen molar-refractivity contribution in [1.29, 1.82) is 0 Å². The first kappa shape index (κ1) is 11.5. The van der Waals surface area contributed by atoms with Crippen LogP contribution < -0.4 is 0 Å². The Hall–Kier alpha value is -1.01. The highest BCUT2D eigenvalue weighted by Crippen LogP contribution is 2.20. The van der Waals surface area contributed by atoms with E-state index in [0.29, 0.717) is 5.15 Å². The van der Waals surface area contributed by atoms with Gasteiger partial charge in [0, 0.05) is 19.2 Å². The van der Waals surface area contributed by atoms with Crippen molar-refractivity contribution in [1.82, 2.24) is 25.0 Å². The van der Waals surface area contributed by atoms with E-state index in [0.717, 1.165) is 28.8 Å². The van der Waals surface area contributed by atoms with Crippen LogP contribution in [0.15, 0.2) is 11.2 Å². The molecule has 16 heavy (non-hydrogen) atoms. The van der Waals surface area contributed by atoms with E-state index in [2.05, 4.69) is 20.3 Å². The normalized spacial score (nSPS) is 10.9. The first-order valence-corrected chi connectivity index (χ1v) is 6.28. The number of rotatable bonds is 4. The van der Waals surface area contributed by atoms with E-state index in [1.54, 1.807) is 16.4 Å². The summed E-state index contributed by atoms with van der Waals surface area (Å²) >= 11 is 7.44. The van der Waals surface area contributed by atoms with Crippen molar-refractivity contribution in [2.45, 2.75) is 24.3 Å². The third-order valence-corrected chi connectivity index (χ3v) is 3.30. The number of H-pyrrole nitrogens is 1. The average molecular weight is 258 g/mol. The van der Waals surface area contributed by atoms with Crippen LogP contribution in [0.1, 0.15) is 18.4 Å². The van der Waals surface area contributed by atoms with Crippen LogP contribution in [0.3, 0.4) is 0 Å². The Morgan fingerprint density at radius 3 is 2.94 bits per heavy atom. The van der Waals surface area contributed by atoms with Gasteiger partial charge >= 0.3 is 0 Å². The molecule has 2 rings (SSSR count). The zero-order valence-corrected chi connectivity index (χ0v) is 10.6. The van der Waals surface area contributed by atoms with Crippen LogP contribution in [-0.4, -0.2) is 25.0 Å². The largest absolute Gasteiger partial charge is 0.262 e. The summed E-state index contributed by atoms with van der Waals surface area (Å²) < 4.78 is 1.65. The highest BCUT2D eigenvalue weighted by atomic mass is 35.5. The molecule has 5 nitrogen and oxygen atoms in total. The first-order chi connectivity index (χ1) is 7.69. The second kappa shape index (κ2) is 4.88. The summed E-state index contributed by atoms with van der Waals surface area (Å²) in [4.78, 5) is 4.30. The van der Waals surface area contributed by atoms with Gasteiger partial charge in [-0.05, 0) is 6.07 Å². The molecule has 0 aliphatic rings. The molecule has 0 atom stereocenters. The second-order valence-electron chi connectivity index (χ2n) is 3.29. The summed E-state index contributed by atoms with van der Waals surface area (Å²) in [6, 6.07) is 1.85. The van der Waals surface area contributed by atoms with Gasteiger partial charge in [-0.25, -0.2) is 4.98 Å². The molecule has 0 aliphatic carbocycles. The molecule has 2 heterocycles. The van der Waals surface area contributed by atoms with Crippen LogP contribution in [0.5, 0.6) is 0 Å². The topological polar surface area (TPSA) is 59.4 Å². The van der Waals surface area contributed by atoms with Crippen molar-refractivity contribution in [3.63, 3.8) is 0 Å². The SMILES string of the molecule is CCc1nc(SCc2cc(Cl)n(C)n2)n[nH]1. The van der Waals surface area contributed by atoms with Crippen molar-refractivity contribution >= 4 is 23.4 Å². The summed E-state index contributed by atoms with van der Waals surface area (Å²) in [6.07, 6.45) is 0.864. The van der Waals surface area contributed by atoms with Crippen LogP contribution in [0.4, 0.5) is 0 Å². The fourth-order valence-corrected chi connectivity index (χ4v) is 2.08. The molecule has 7 heteroatoms. The predicted molar refractivity (Wildman–Crippen MR) is 63.5 cm³/mol. The fraction of sp³-hybridized carbons (Fsp3) is 0.444. The van der Waals surface area contributed by atoms with Gasteiger partial charge in [-0.3, -0.25) is 9.78 Å². The van der Waals surface area contributed by atoms with Crippen LogP contribution in [0.25, 0.3) is 0 Å². The minimum atomic E-state index is 0.639. The molecule has 1 N–H and O–H groups in total. The van der Waals surface area contributed by atoms with Crippen molar-refractivity contribution < 1.29 is 0 Å². The maximum absolute atomic E-state index is 5.89. The predicted octanol–water partition coefficient (Wildman–Crippen LogP) is 2.05. The zero-order valence-electron chi connectivity index (χ0n) is 9.07. The smallest absolute Gasteiger partial charge is 0.208 e. The van der Waals surface area contributed by atoms with Crippen LogP contribution in [0, 0.1) is 0 Å². The minimum absolute atomic E-state index is 0.639. The molecule has 0 saturated heterocycles. The summed E-state index contributed by atoms with van der Waals surface area (Å²) in [5.74, 6) is 1.63. The quantitative estimate of drug-likeness (QED) is 0.852. The van der Waals surface area contributed by atoms with Crippen molar-refractivity contribution in [3.8, 4) is 0 Å². The molecule has 2 aromatic heterocycles. The number of hydrogen-bond acceptors (Lipinski definition) is 4. The van der Waals surface area contributed by atoms with E-state index >= 15 is 0 Å². The van der Waals surface area contributed by atoms with Crippen LogP contribution in [-0.2, 0) is 19.2 Å². The molecule has 0 aliphatic heterocycles. The van der Waals surface area contributed by atoms with Gasteiger partial charge in [-0.1, -0.05) is 30.3 Å². The number of aryl methyl sites for hydroxylation is 2. The Kier molecular flexibility index (Phi) is 3.50. The summed E-state index contributed by atoms with van der Waals surface area (Å²) in [6.45, 7) is 2.04. The lowest BCUT2D eigenvalue weighted by Gasteiger charge is -1.91. The lowest BCUT2D eigenvalue weighted by molar-refractivity contribution is 0.755. The van der Waals surface area contributed by atoms with E-state index < -0.39 is 0 Å².